The van der Waals surface area contributed by atoms with E-state index >= 15 is 0 Å². The molecule has 0 fully saturated rings. The van der Waals surface area contributed by atoms with Crippen LogP contribution in [-0.2, 0) is 11.3 Å². The van der Waals surface area contributed by atoms with Crippen molar-refractivity contribution in [1.82, 2.24) is 20.2 Å². The van der Waals surface area contributed by atoms with E-state index in [-0.39, 0.29) is 11.7 Å². The lowest BCUT2D eigenvalue weighted by Crippen LogP contribution is -2.25. The third-order valence-electron chi connectivity index (χ3n) is 3.50. The normalized spacial score (nSPS) is 10.7. The quantitative estimate of drug-likeness (QED) is 0.483. The number of hydrogen-bond acceptors (Lipinski definition) is 5. The minimum absolute atomic E-state index is 0.121. The molecule has 0 saturated heterocycles. The van der Waals surface area contributed by atoms with E-state index in [1.165, 1.54) is 16.4 Å². The Morgan fingerprint density at radius 2 is 1.92 bits per heavy atom. The summed E-state index contributed by atoms with van der Waals surface area (Å²) in [7, 11) is 0. The first-order valence-electron chi connectivity index (χ1n) is 7.64. The van der Waals surface area contributed by atoms with Gasteiger partial charge in [0, 0.05) is 17.1 Å². The smallest absolute Gasteiger partial charge is 0.230 e. The number of amides is 1. The second-order valence-electron chi connectivity index (χ2n) is 5.35. The Labute approximate surface area is 164 Å². The second kappa shape index (κ2) is 8.44. The number of thioether (sulfide) groups is 1. The zero-order chi connectivity index (χ0) is 18.5. The lowest BCUT2D eigenvalue weighted by Gasteiger charge is -2.06. The fraction of sp³-hybridized carbons (Fsp3) is 0.118. The summed E-state index contributed by atoms with van der Waals surface area (Å²) in [6.07, 6.45) is 0. The van der Waals surface area contributed by atoms with Gasteiger partial charge in [-0.15, -0.1) is 10.2 Å². The summed E-state index contributed by atoms with van der Waals surface area (Å²) in [5, 5.41) is 12.3. The van der Waals surface area contributed by atoms with Crippen molar-refractivity contribution < 1.29 is 4.79 Å². The molecule has 1 amide bonds. The third kappa shape index (κ3) is 4.49. The predicted molar refractivity (Wildman–Crippen MR) is 105 cm³/mol. The zero-order valence-corrected chi connectivity index (χ0v) is 15.9. The van der Waals surface area contributed by atoms with Crippen LogP contribution in [0.2, 0.25) is 10.0 Å². The molecule has 1 heterocycles. The SMILES string of the molecule is Nn1c(SCC(=O)NCc2ccccc2)nnc1-c1cc(Cl)ccc1Cl. The first-order valence-corrected chi connectivity index (χ1v) is 9.38. The minimum Gasteiger partial charge on any atom is -0.351 e. The average Bonchev–Trinajstić information content (AvgIpc) is 3.01. The van der Waals surface area contributed by atoms with Crippen molar-refractivity contribution in [3.8, 4) is 11.4 Å². The molecule has 3 rings (SSSR count). The Morgan fingerprint density at radius 3 is 2.69 bits per heavy atom. The van der Waals surface area contributed by atoms with Gasteiger partial charge in [0.1, 0.15) is 0 Å². The molecule has 9 heteroatoms. The van der Waals surface area contributed by atoms with Gasteiger partial charge in [-0.3, -0.25) is 4.79 Å². The summed E-state index contributed by atoms with van der Waals surface area (Å²) < 4.78 is 1.30. The van der Waals surface area contributed by atoms with E-state index in [1.807, 2.05) is 30.3 Å². The molecule has 0 atom stereocenters. The monoisotopic (exact) mass is 407 g/mol. The fourth-order valence-electron chi connectivity index (χ4n) is 2.21. The number of nitrogens with zero attached hydrogens (tertiary/aromatic N) is 3. The van der Waals surface area contributed by atoms with Gasteiger partial charge in [-0.25, -0.2) is 4.68 Å². The average molecular weight is 408 g/mol. The molecule has 0 radical (unpaired) electrons. The van der Waals surface area contributed by atoms with Gasteiger partial charge in [-0.05, 0) is 23.8 Å². The minimum atomic E-state index is -0.121. The van der Waals surface area contributed by atoms with Crippen molar-refractivity contribution in [2.24, 2.45) is 0 Å². The molecule has 0 aliphatic carbocycles. The number of aromatic nitrogens is 3. The molecular formula is C17H15Cl2N5OS. The first-order chi connectivity index (χ1) is 12.5. The van der Waals surface area contributed by atoms with Gasteiger partial charge < -0.3 is 11.2 Å². The number of carbonyl (C=O) groups is 1. The maximum atomic E-state index is 12.0. The van der Waals surface area contributed by atoms with Crippen molar-refractivity contribution in [1.29, 1.82) is 0 Å². The maximum absolute atomic E-state index is 12.0. The van der Waals surface area contributed by atoms with E-state index < -0.39 is 0 Å². The molecule has 0 unspecified atom stereocenters. The Balaban J connectivity index is 1.62. The summed E-state index contributed by atoms with van der Waals surface area (Å²) in [4.78, 5) is 12.0. The highest BCUT2D eigenvalue weighted by Crippen LogP contribution is 2.30. The Hall–Kier alpha value is -2.22. The van der Waals surface area contributed by atoms with Gasteiger partial charge in [0.2, 0.25) is 11.1 Å². The highest BCUT2D eigenvalue weighted by atomic mass is 35.5. The van der Waals surface area contributed by atoms with Crippen LogP contribution in [0.4, 0.5) is 0 Å². The van der Waals surface area contributed by atoms with E-state index in [2.05, 4.69) is 15.5 Å². The van der Waals surface area contributed by atoms with E-state index in [4.69, 9.17) is 29.0 Å². The van der Waals surface area contributed by atoms with Crippen molar-refractivity contribution in [2.45, 2.75) is 11.7 Å². The first kappa shape index (κ1) is 18.6. The van der Waals surface area contributed by atoms with Gasteiger partial charge in [-0.1, -0.05) is 65.3 Å². The Morgan fingerprint density at radius 1 is 1.15 bits per heavy atom. The fourth-order valence-corrected chi connectivity index (χ4v) is 3.27. The van der Waals surface area contributed by atoms with E-state index in [0.29, 0.717) is 33.1 Å². The topological polar surface area (TPSA) is 85.8 Å². The summed E-state index contributed by atoms with van der Waals surface area (Å²) in [5.74, 6) is 6.47. The zero-order valence-electron chi connectivity index (χ0n) is 13.5. The van der Waals surface area contributed by atoms with Gasteiger partial charge in [-0.2, -0.15) is 0 Å². The molecule has 6 nitrogen and oxygen atoms in total. The lowest BCUT2D eigenvalue weighted by atomic mass is 10.2. The summed E-state index contributed by atoms with van der Waals surface area (Å²) >= 11 is 13.4. The van der Waals surface area contributed by atoms with Crippen LogP contribution >= 0.6 is 35.0 Å². The van der Waals surface area contributed by atoms with E-state index in [0.717, 1.165) is 5.56 Å². The van der Waals surface area contributed by atoms with Crippen molar-refractivity contribution in [3.05, 3.63) is 64.1 Å². The number of hydrogen-bond donors (Lipinski definition) is 2. The molecule has 0 spiro atoms. The largest absolute Gasteiger partial charge is 0.351 e. The van der Waals surface area contributed by atoms with Crippen molar-refractivity contribution >= 4 is 40.9 Å². The van der Waals surface area contributed by atoms with Crippen LogP contribution in [0, 0.1) is 0 Å². The van der Waals surface area contributed by atoms with Crippen LogP contribution in [0.1, 0.15) is 5.56 Å². The Bertz CT molecular complexity index is 917. The standard InChI is InChI=1S/C17H15Cl2N5OS/c18-12-6-7-14(19)13(8-12)16-22-23-17(24(16)20)26-10-15(25)21-9-11-4-2-1-3-5-11/h1-8H,9-10,20H2,(H,21,25). The second-order valence-corrected chi connectivity index (χ2v) is 7.14. The highest BCUT2D eigenvalue weighted by Gasteiger charge is 2.16. The molecule has 2 aromatic carbocycles. The van der Waals surface area contributed by atoms with Crippen LogP contribution in [0.3, 0.4) is 0 Å². The number of nitrogen functional groups attached to an aromatic ring is 1. The van der Waals surface area contributed by atoms with Gasteiger partial charge >= 0.3 is 0 Å². The highest BCUT2D eigenvalue weighted by molar-refractivity contribution is 7.99. The molecule has 134 valence electrons. The van der Waals surface area contributed by atoms with Crippen molar-refractivity contribution in [3.63, 3.8) is 0 Å². The van der Waals surface area contributed by atoms with Gasteiger partial charge in [0.05, 0.1) is 10.8 Å². The van der Waals surface area contributed by atoms with Gasteiger partial charge in [0.15, 0.2) is 5.82 Å². The van der Waals surface area contributed by atoms with Crippen LogP contribution in [0.25, 0.3) is 11.4 Å². The molecular weight excluding hydrogens is 393 g/mol. The van der Waals surface area contributed by atoms with Crippen LogP contribution in [-0.4, -0.2) is 26.5 Å². The third-order valence-corrected chi connectivity index (χ3v) is 5.01. The van der Waals surface area contributed by atoms with Gasteiger partial charge in [0.25, 0.3) is 0 Å². The number of halogens is 2. The number of rotatable bonds is 6. The lowest BCUT2D eigenvalue weighted by molar-refractivity contribution is -0.118. The molecule has 0 bridgehead atoms. The number of nitrogens with one attached hydrogen (secondary N) is 1. The number of benzene rings is 2. The molecule has 1 aromatic heterocycles. The summed E-state index contributed by atoms with van der Waals surface area (Å²) in [6.45, 7) is 0.471. The predicted octanol–water partition coefficient (Wildman–Crippen LogP) is 3.37. The summed E-state index contributed by atoms with van der Waals surface area (Å²) in [5.41, 5.74) is 1.61. The number of carbonyl (C=O) groups excluding carboxylic acids is 1. The number of nitrogens with two attached hydrogens (primary N) is 1. The van der Waals surface area contributed by atoms with E-state index in [1.54, 1.807) is 18.2 Å². The van der Waals surface area contributed by atoms with Crippen LogP contribution in [0.5, 0.6) is 0 Å². The molecule has 26 heavy (non-hydrogen) atoms. The summed E-state index contributed by atoms with van der Waals surface area (Å²) in [6, 6.07) is 14.7. The maximum Gasteiger partial charge on any atom is 0.230 e. The molecule has 0 aliphatic rings. The van der Waals surface area contributed by atoms with E-state index in [9.17, 15) is 4.79 Å². The Kier molecular flexibility index (Phi) is 6.03. The molecule has 0 saturated carbocycles. The van der Waals surface area contributed by atoms with Crippen LogP contribution in [0.15, 0.2) is 53.7 Å². The van der Waals surface area contributed by atoms with Crippen LogP contribution < -0.4 is 11.2 Å². The molecule has 0 aliphatic heterocycles. The molecule has 3 N–H and O–H groups in total. The molecule has 3 aromatic rings. The van der Waals surface area contributed by atoms with Crippen molar-refractivity contribution in [2.75, 3.05) is 11.6 Å².